The molecule has 2 aliphatic rings. The van der Waals surface area contributed by atoms with Crippen molar-refractivity contribution in [1.29, 1.82) is 0 Å². The fourth-order valence-electron chi connectivity index (χ4n) is 3.55. The van der Waals surface area contributed by atoms with Crippen molar-refractivity contribution in [2.75, 3.05) is 6.61 Å². The molecule has 0 heterocycles. The van der Waals surface area contributed by atoms with Crippen LogP contribution in [0.5, 0.6) is 0 Å². The number of nitrogens with one attached hydrogen (secondary N) is 1. The smallest absolute Gasteiger partial charge is 0.251 e. The molecule has 0 unspecified atom stereocenters. The second kappa shape index (κ2) is 5.98. The number of carbonyl (C=O) groups is 2. The number of aliphatic hydroxyl groups excluding tert-OH is 1. The maximum absolute atomic E-state index is 12.5. The lowest BCUT2D eigenvalue weighted by Gasteiger charge is -2.28. The number of Topliss-reactive ketones (excluding diaryl/α,β-unsaturated/α-hetero) is 1. The van der Waals surface area contributed by atoms with E-state index in [0.717, 1.165) is 31.2 Å². The van der Waals surface area contributed by atoms with Crippen LogP contribution < -0.4 is 5.32 Å². The van der Waals surface area contributed by atoms with Crippen LogP contribution in [0, 0.1) is 5.92 Å². The maximum atomic E-state index is 12.5. The van der Waals surface area contributed by atoms with Crippen molar-refractivity contribution < 1.29 is 14.7 Å². The molecule has 1 fully saturated rings. The third kappa shape index (κ3) is 2.86. The first-order valence-electron chi connectivity index (χ1n) is 7.76. The van der Waals surface area contributed by atoms with Crippen LogP contribution in [0.4, 0.5) is 0 Å². The van der Waals surface area contributed by atoms with E-state index in [9.17, 15) is 14.7 Å². The molecule has 0 saturated heterocycles. The van der Waals surface area contributed by atoms with Gasteiger partial charge in [0.25, 0.3) is 5.91 Å². The highest BCUT2D eigenvalue weighted by Crippen LogP contribution is 2.27. The Morgan fingerprint density at radius 3 is 2.95 bits per heavy atom. The van der Waals surface area contributed by atoms with Gasteiger partial charge in [-0.15, -0.1) is 0 Å². The summed E-state index contributed by atoms with van der Waals surface area (Å²) in [4.78, 5) is 24.2. The standard InChI is InChI=1S/C17H21NO3/c19-10-11-3-1-4-12(9-11)18-17(21)15-6-2-5-14-13(15)7-8-16(14)20/h2,5-6,11-12,19H,1,3-4,7-10H2,(H,18,21)/t11-,12-/m1/s1. The maximum Gasteiger partial charge on any atom is 0.251 e. The van der Waals surface area contributed by atoms with Gasteiger partial charge in [-0.25, -0.2) is 0 Å². The monoisotopic (exact) mass is 287 g/mol. The Labute approximate surface area is 124 Å². The summed E-state index contributed by atoms with van der Waals surface area (Å²) in [5.74, 6) is 0.356. The average molecular weight is 287 g/mol. The molecule has 2 aliphatic carbocycles. The summed E-state index contributed by atoms with van der Waals surface area (Å²) in [7, 11) is 0. The molecule has 0 aromatic heterocycles. The molecule has 21 heavy (non-hydrogen) atoms. The summed E-state index contributed by atoms with van der Waals surface area (Å²) < 4.78 is 0. The lowest BCUT2D eigenvalue weighted by Crippen LogP contribution is -2.39. The van der Waals surface area contributed by atoms with E-state index in [1.807, 2.05) is 6.07 Å². The van der Waals surface area contributed by atoms with E-state index in [-0.39, 0.29) is 24.3 Å². The highest BCUT2D eigenvalue weighted by Gasteiger charge is 2.27. The minimum Gasteiger partial charge on any atom is -0.396 e. The summed E-state index contributed by atoms with van der Waals surface area (Å²) in [6.07, 6.45) is 5.07. The van der Waals surface area contributed by atoms with Gasteiger partial charge in [-0.05, 0) is 43.2 Å². The topological polar surface area (TPSA) is 66.4 Å². The molecule has 2 N–H and O–H groups in total. The highest BCUT2D eigenvalue weighted by molar-refractivity contribution is 6.05. The van der Waals surface area contributed by atoms with Gasteiger partial charge in [0.05, 0.1) is 0 Å². The number of ketones is 1. The van der Waals surface area contributed by atoms with Crippen molar-refractivity contribution in [2.24, 2.45) is 5.92 Å². The van der Waals surface area contributed by atoms with Gasteiger partial charge in [0, 0.05) is 30.2 Å². The fourth-order valence-corrected chi connectivity index (χ4v) is 3.55. The van der Waals surface area contributed by atoms with Gasteiger partial charge >= 0.3 is 0 Å². The quantitative estimate of drug-likeness (QED) is 0.894. The van der Waals surface area contributed by atoms with Gasteiger partial charge in [0.1, 0.15) is 0 Å². The van der Waals surface area contributed by atoms with Crippen LogP contribution in [-0.2, 0) is 6.42 Å². The second-order valence-corrected chi connectivity index (χ2v) is 6.14. The van der Waals surface area contributed by atoms with Crippen molar-refractivity contribution in [2.45, 2.75) is 44.6 Å². The first-order valence-corrected chi connectivity index (χ1v) is 7.76. The van der Waals surface area contributed by atoms with E-state index >= 15 is 0 Å². The zero-order valence-corrected chi connectivity index (χ0v) is 12.1. The minimum absolute atomic E-state index is 0.0786. The van der Waals surface area contributed by atoms with Crippen LogP contribution in [-0.4, -0.2) is 29.4 Å². The van der Waals surface area contributed by atoms with Gasteiger partial charge in [0.2, 0.25) is 0 Å². The minimum atomic E-state index is -0.0786. The van der Waals surface area contributed by atoms with Gasteiger partial charge < -0.3 is 10.4 Å². The molecule has 2 atom stereocenters. The molecule has 0 aliphatic heterocycles. The van der Waals surface area contributed by atoms with Crippen molar-refractivity contribution in [3.05, 3.63) is 34.9 Å². The summed E-state index contributed by atoms with van der Waals surface area (Å²) >= 11 is 0. The van der Waals surface area contributed by atoms with Crippen molar-refractivity contribution in [3.8, 4) is 0 Å². The van der Waals surface area contributed by atoms with E-state index in [0.29, 0.717) is 29.9 Å². The number of amides is 1. The van der Waals surface area contributed by atoms with Crippen LogP contribution >= 0.6 is 0 Å². The summed E-state index contributed by atoms with van der Waals surface area (Å²) in [5, 5.41) is 12.3. The van der Waals surface area contributed by atoms with Crippen molar-refractivity contribution in [1.82, 2.24) is 5.32 Å². The number of benzene rings is 1. The lowest BCUT2D eigenvalue weighted by molar-refractivity contribution is 0.0904. The summed E-state index contributed by atoms with van der Waals surface area (Å²) in [6.45, 7) is 0.196. The van der Waals surface area contributed by atoms with E-state index < -0.39 is 0 Å². The Morgan fingerprint density at radius 2 is 2.14 bits per heavy atom. The fraction of sp³-hybridized carbons (Fsp3) is 0.529. The molecule has 112 valence electrons. The Bertz CT molecular complexity index is 567. The van der Waals surface area contributed by atoms with Gasteiger partial charge in [-0.2, -0.15) is 0 Å². The molecule has 1 aromatic carbocycles. The second-order valence-electron chi connectivity index (χ2n) is 6.14. The summed E-state index contributed by atoms with van der Waals surface area (Å²) in [5.41, 5.74) is 2.25. The van der Waals surface area contributed by atoms with Crippen molar-refractivity contribution in [3.63, 3.8) is 0 Å². The molecular weight excluding hydrogens is 266 g/mol. The lowest BCUT2D eigenvalue weighted by atomic mass is 9.86. The number of fused-ring (bicyclic) bond motifs is 1. The Hall–Kier alpha value is -1.68. The normalized spacial score (nSPS) is 24.7. The zero-order chi connectivity index (χ0) is 14.8. The highest BCUT2D eigenvalue weighted by atomic mass is 16.3. The number of rotatable bonds is 3. The van der Waals surface area contributed by atoms with Crippen LogP contribution in [0.3, 0.4) is 0 Å². The Kier molecular flexibility index (Phi) is 4.06. The van der Waals surface area contributed by atoms with E-state index in [1.54, 1.807) is 12.1 Å². The number of aliphatic hydroxyl groups is 1. The molecule has 4 nitrogen and oxygen atoms in total. The zero-order valence-electron chi connectivity index (χ0n) is 12.1. The van der Waals surface area contributed by atoms with Gasteiger partial charge in [-0.3, -0.25) is 9.59 Å². The Morgan fingerprint density at radius 1 is 1.29 bits per heavy atom. The number of hydrogen-bond donors (Lipinski definition) is 2. The Balaban J connectivity index is 1.73. The molecule has 0 radical (unpaired) electrons. The first kappa shape index (κ1) is 14.3. The third-order valence-electron chi connectivity index (χ3n) is 4.70. The predicted octanol–water partition coefficient (Wildman–Crippen LogP) is 2.10. The van der Waals surface area contributed by atoms with E-state index in [4.69, 9.17) is 0 Å². The van der Waals surface area contributed by atoms with Crippen LogP contribution in [0.15, 0.2) is 18.2 Å². The summed E-state index contributed by atoms with van der Waals surface area (Å²) in [6, 6.07) is 5.54. The predicted molar refractivity (Wildman–Crippen MR) is 79.4 cm³/mol. The number of hydrogen-bond acceptors (Lipinski definition) is 3. The third-order valence-corrected chi connectivity index (χ3v) is 4.70. The van der Waals surface area contributed by atoms with Gasteiger partial charge in [-0.1, -0.05) is 18.6 Å². The first-order chi connectivity index (χ1) is 10.2. The molecule has 0 bridgehead atoms. The average Bonchev–Trinajstić information content (AvgIpc) is 2.89. The molecule has 1 saturated carbocycles. The molecule has 4 heteroatoms. The molecule has 1 aromatic rings. The molecule has 0 spiro atoms. The van der Waals surface area contributed by atoms with Crippen LogP contribution in [0.2, 0.25) is 0 Å². The molecular formula is C17H21NO3. The van der Waals surface area contributed by atoms with Crippen LogP contribution in [0.1, 0.15) is 58.4 Å². The molecule has 3 rings (SSSR count). The largest absolute Gasteiger partial charge is 0.396 e. The molecule has 1 amide bonds. The SMILES string of the molecule is O=C1CCc2c1cccc2C(=O)N[C@@H]1CCC[C@@H](CO)C1. The van der Waals surface area contributed by atoms with E-state index in [1.165, 1.54) is 0 Å². The van der Waals surface area contributed by atoms with Crippen LogP contribution in [0.25, 0.3) is 0 Å². The number of carbonyl (C=O) groups excluding carboxylic acids is 2. The van der Waals surface area contributed by atoms with Gasteiger partial charge in [0.15, 0.2) is 5.78 Å². The van der Waals surface area contributed by atoms with Crippen molar-refractivity contribution >= 4 is 11.7 Å². The van der Waals surface area contributed by atoms with E-state index in [2.05, 4.69) is 5.32 Å².